The van der Waals surface area contributed by atoms with Crippen LogP contribution >= 0.6 is 0 Å². The Hall–Kier alpha value is -4.04. The minimum atomic E-state index is -4.71. The number of hydrogen-bond acceptors (Lipinski definition) is 7. The van der Waals surface area contributed by atoms with E-state index in [2.05, 4.69) is 31.1 Å². The molecule has 0 aliphatic carbocycles. The third-order valence-electron chi connectivity index (χ3n) is 6.56. The van der Waals surface area contributed by atoms with E-state index in [9.17, 15) is 22.8 Å². The number of likely N-dealkylation sites (tertiary alicyclic amines) is 1. The summed E-state index contributed by atoms with van der Waals surface area (Å²) >= 11 is 0. The number of urea groups is 1. The average molecular weight is 546 g/mol. The van der Waals surface area contributed by atoms with Crippen LogP contribution < -0.4 is 15.3 Å². The van der Waals surface area contributed by atoms with Gasteiger partial charge in [0.05, 0.1) is 24.3 Å². The van der Waals surface area contributed by atoms with Crippen LogP contribution in [-0.4, -0.2) is 58.9 Å². The number of pyridine rings is 1. The van der Waals surface area contributed by atoms with Crippen LogP contribution in [0.4, 0.5) is 35.2 Å². The van der Waals surface area contributed by atoms with E-state index >= 15 is 0 Å². The van der Waals surface area contributed by atoms with E-state index < -0.39 is 29.2 Å². The highest BCUT2D eigenvalue weighted by Gasteiger charge is 2.46. The van der Waals surface area contributed by atoms with Gasteiger partial charge in [0.1, 0.15) is 5.69 Å². The van der Waals surface area contributed by atoms with Crippen LogP contribution in [0, 0.1) is 0 Å². The molecule has 0 saturated carbocycles. The highest BCUT2D eigenvalue weighted by molar-refractivity contribution is 6.04. The fourth-order valence-corrected chi connectivity index (χ4v) is 4.67. The number of benzene rings is 1. The number of ether oxygens (including phenoxy) is 1. The Labute approximate surface area is 221 Å². The van der Waals surface area contributed by atoms with Crippen molar-refractivity contribution in [3.8, 4) is 0 Å². The zero-order valence-electron chi connectivity index (χ0n) is 20.8. The third kappa shape index (κ3) is 6.52. The Balaban J connectivity index is 1.24. The van der Waals surface area contributed by atoms with E-state index in [4.69, 9.17) is 9.26 Å². The summed E-state index contributed by atoms with van der Waals surface area (Å²) in [7, 11) is 0. The number of hydrogen-bond donors (Lipinski definition) is 2. The summed E-state index contributed by atoms with van der Waals surface area (Å²) in [4.78, 5) is 31.7. The lowest BCUT2D eigenvalue weighted by molar-refractivity contribution is -0.755. The molecule has 1 aromatic carbocycles. The number of nitrogens with zero attached hydrogens (tertiary/aromatic N) is 5. The van der Waals surface area contributed by atoms with Crippen LogP contribution in [0.25, 0.3) is 5.32 Å². The molecule has 0 radical (unpaired) electrons. The smallest absolute Gasteiger partial charge is 0.416 e. The first kappa shape index (κ1) is 26.6. The summed E-state index contributed by atoms with van der Waals surface area (Å²) in [5.74, 6) is -0.593. The molecule has 0 bridgehead atoms. The van der Waals surface area contributed by atoms with Crippen molar-refractivity contribution in [2.24, 2.45) is 0 Å². The molecule has 0 spiro atoms. The Morgan fingerprint density at radius 2 is 1.85 bits per heavy atom. The monoisotopic (exact) mass is 545 g/mol. The van der Waals surface area contributed by atoms with Crippen molar-refractivity contribution >= 4 is 29.2 Å². The van der Waals surface area contributed by atoms with E-state index in [1.807, 2.05) is 0 Å². The lowest BCUT2D eigenvalue weighted by Gasteiger charge is -2.47. The van der Waals surface area contributed by atoms with Gasteiger partial charge in [0.15, 0.2) is 11.3 Å². The Bertz CT molecular complexity index is 1320. The fraction of sp³-hybridized carbons (Fsp3) is 0.400. The number of carbonyl (C=O) groups excluding carboxylic acids is 2. The van der Waals surface area contributed by atoms with Gasteiger partial charge in [-0.25, -0.2) is 0 Å². The third-order valence-corrected chi connectivity index (χ3v) is 6.56. The lowest BCUT2D eigenvalue weighted by Crippen LogP contribution is -2.62. The molecule has 11 nitrogen and oxygen atoms in total. The average Bonchev–Trinajstić information content (AvgIpc) is 3.54. The largest absolute Gasteiger partial charge is 0.424 e. The summed E-state index contributed by atoms with van der Waals surface area (Å²) in [6.07, 6.45) is 0.412. The maximum Gasteiger partial charge on any atom is 0.416 e. The normalized spacial score (nSPS) is 16.9. The van der Waals surface area contributed by atoms with E-state index in [0.717, 1.165) is 38.1 Å². The van der Waals surface area contributed by atoms with E-state index in [0.29, 0.717) is 18.9 Å². The summed E-state index contributed by atoms with van der Waals surface area (Å²) in [6, 6.07) is 7.19. The molecule has 2 N–H and O–H groups in total. The van der Waals surface area contributed by atoms with Crippen molar-refractivity contribution in [3.05, 3.63) is 65.4 Å². The topological polar surface area (TPSA) is 128 Å². The molecule has 2 aliphatic heterocycles. The first-order valence-corrected chi connectivity index (χ1v) is 12.3. The van der Waals surface area contributed by atoms with Crippen molar-refractivity contribution < 1.29 is 36.7 Å². The first-order chi connectivity index (χ1) is 18.7. The predicted octanol–water partition coefficient (Wildman–Crippen LogP) is 3.85. The quantitative estimate of drug-likeness (QED) is 0.412. The number of anilines is 2. The molecule has 39 heavy (non-hydrogen) atoms. The lowest BCUT2D eigenvalue weighted by atomic mass is 9.90. The Morgan fingerprint density at radius 3 is 2.49 bits per heavy atom. The molecule has 3 aromatic rings. The second kappa shape index (κ2) is 11.0. The molecule has 5 rings (SSSR count). The minimum absolute atomic E-state index is 0.0876. The van der Waals surface area contributed by atoms with Crippen molar-refractivity contribution in [1.29, 1.82) is 0 Å². The molecular formula is C25H26F3N7O4. The molecule has 2 saturated heterocycles. The van der Waals surface area contributed by atoms with Gasteiger partial charge in [0, 0.05) is 18.3 Å². The fourth-order valence-electron chi connectivity index (χ4n) is 4.67. The van der Waals surface area contributed by atoms with E-state index in [1.54, 1.807) is 24.4 Å². The summed E-state index contributed by atoms with van der Waals surface area (Å²) < 4.78 is 52.5. The van der Waals surface area contributed by atoms with Crippen molar-refractivity contribution in [2.45, 2.75) is 37.5 Å². The SMILES string of the molecule is O=C(CC1(N2CCCC2)COC1)Nc1cc(NC(=O)[N-]c2c[n+](Cc3ccccn3)no2)cc(C(F)(F)F)c1. The van der Waals surface area contributed by atoms with E-state index in [1.165, 1.54) is 16.9 Å². The molecule has 0 unspecified atom stereocenters. The van der Waals surface area contributed by atoms with Gasteiger partial charge in [-0.15, -0.1) is 0 Å². The van der Waals surface area contributed by atoms with Crippen LogP contribution in [0.2, 0.25) is 0 Å². The maximum absolute atomic E-state index is 13.6. The van der Waals surface area contributed by atoms with Gasteiger partial charge in [-0.1, -0.05) is 6.07 Å². The Kier molecular flexibility index (Phi) is 7.48. The van der Waals surface area contributed by atoms with Crippen LogP contribution in [0.3, 0.4) is 0 Å². The standard InChI is InChI=1S/C25H26F3N7O4/c26-25(27,28)17-9-19(30-21(36)12-24(15-38-16-24)34-7-3-4-8-34)11-20(10-17)31-23(37)32-22-14-35(33-39-22)13-18-5-1-2-6-29-18/h1-2,5-6,9-11,14H,3-4,7-8,12-13,15-16H2,(H2-,30,31,32,33,36,37). The molecule has 14 heteroatoms. The van der Waals surface area contributed by atoms with E-state index in [-0.39, 0.29) is 30.2 Å². The number of carbonyl (C=O) groups is 2. The van der Waals surface area contributed by atoms with Gasteiger partial charge in [0.2, 0.25) is 24.5 Å². The van der Waals surface area contributed by atoms with Crippen molar-refractivity contribution in [3.63, 3.8) is 0 Å². The van der Waals surface area contributed by atoms with Gasteiger partial charge in [-0.3, -0.25) is 19.5 Å². The molecule has 2 aromatic heterocycles. The summed E-state index contributed by atoms with van der Waals surface area (Å²) in [5, 5.41) is 12.3. The minimum Gasteiger partial charge on any atom is -0.424 e. The van der Waals surface area contributed by atoms with Crippen molar-refractivity contribution in [2.75, 3.05) is 36.9 Å². The van der Waals surface area contributed by atoms with Gasteiger partial charge in [-0.05, 0) is 66.6 Å². The zero-order chi connectivity index (χ0) is 27.5. The van der Waals surface area contributed by atoms with Gasteiger partial charge in [0.25, 0.3) is 0 Å². The second-order valence-corrected chi connectivity index (χ2v) is 9.53. The number of amides is 3. The molecule has 2 fully saturated rings. The molecule has 3 amide bonds. The molecule has 2 aliphatic rings. The zero-order valence-corrected chi connectivity index (χ0v) is 20.8. The molecule has 4 heterocycles. The first-order valence-electron chi connectivity index (χ1n) is 12.3. The summed E-state index contributed by atoms with van der Waals surface area (Å²) in [5.41, 5.74) is -1.08. The summed E-state index contributed by atoms with van der Waals surface area (Å²) in [6.45, 7) is 2.77. The van der Waals surface area contributed by atoms with Gasteiger partial charge in [-0.2, -0.15) is 13.2 Å². The van der Waals surface area contributed by atoms with Gasteiger partial charge >= 0.3 is 6.18 Å². The highest BCUT2D eigenvalue weighted by Crippen LogP contribution is 2.35. The van der Waals surface area contributed by atoms with Crippen molar-refractivity contribution in [1.82, 2.24) is 15.2 Å². The van der Waals surface area contributed by atoms with Crippen LogP contribution in [0.15, 0.2) is 53.3 Å². The molecule has 206 valence electrons. The van der Waals surface area contributed by atoms with Crippen LogP contribution in [0.1, 0.15) is 30.5 Å². The highest BCUT2D eigenvalue weighted by atomic mass is 19.4. The molecular weight excluding hydrogens is 519 g/mol. The number of nitrogens with one attached hydrogen (secondary N) is 2. The number of rotatable bonds is 8. The number of alkyl halides is 3. The van der Waals surface area contributed by atoms with Gasteiger partial charge < -0.3 is 25.2 Å². The molecule has 0 atom stereocenters. The number of halogens is 3. The predicted molar refractivity (Wildman–Crippen MR) is 131 cm³/mol. The maximum atomic E-state index is 13.6. The number of aromatic nitrogens is 3. The van der Waals surface area contributed by atoms with Crippen LogP contribution in [-0.2, 0) is 22.3 Å². The van der Waals surface area contributed by atoms with Crippen LogP contribution in [0.5, 0.6) is 0 Å². The Morgan fingerprint density at radius 1 is 1.10 bits per heavy atom. The second-order valence-electron chi connectivity index (χ2n) is 9.53.